The minimum absolute atomic E-state index is 0.511. The molecule has 4 nitrogen and oxygen atoms in total. The Hall–Kier alpha value is -1.55. The van der Waals surface area contributed by atoms with Crippen molar-refractivity contribution in [2.24, 2.45) is 5.73 Å². The van der Waals surface area contributed by atoms with E-state index in [1.165, 1.54) is 37.9 Å². The van der Waals surface area contributed by atoms with Crippen molar-refractivity contribution in [3.8, 4) is 0 Å². The SMILES string of the molecule is NC(=O)Nc1cccc(CCN2CCCCC2)c1. The lowest BCUT2D eigenvalue weighted by atomic mass is 10.1. The van der Waals surface area contributed by atoms with Gasteiger partial charge in [0.15, 0.2) is 0 Å². The average Bonchev–Trinajstić information content (AvgIpc) is 2.37. The van der Waals surface area contributed by atoms with Gasteiger partial charge in [0.1, 0.15) is 0 Å². The summed E-state index contributed by atoms with van der Waals surface area (Å²) in [7, 11) is 0. The van der Waals surface area contributed by atoms with Crippen LogP contribution in [-0.4, -0.2) is 30.6 Å². The van der Waals surface area contributed by atoms with Gasteiger partial charge in [-0.2, -0.15) is 0 Å². The molecule has 3 N–H and O–H groups in total. The molecule has 1 aliphatic heterocycles. The zero-order chi connectivity index (χ0) is 12.8. The van der Waals surface area contributed by atoms with Crippen LogP contribution in [0.2, 0.25) is 0 Å². The monoisotopic (exact) mass is 247 g/mol. The number of nitrogens with zero attached hydrogens (tertiary/aromatic N) is 1. The van der Waals surface area contributed by atoms with Crippen molar-refractivity contribution in [1.29, 1.82) is 0 Å². The summed E-state index contributed by atoms with van der Waals surface area (Å²) in [5.41, 5.74) is 7.13. The van der Waals surface area contributed by atoms with Gasteiger partial charge in [-0.15, -0.1) is 0 Å². The van der Waals surface area contributed by atoms with E-state index in [1.54, 1.807) is 0 Å². The van der Waals surface area contributed by atoms with Crippen LogP contribution in [0.25, 0.3) is 0 Å². The molecular formula is C14H21N3O. The van der Waals surface area contributed by atoms with E-state index in [2.05, 4.69) is 16.3 Å². The fraction of sp³-hybridized carbons (Fsp3) is 0.500. The van der Waals surface area contributed by atoms with Crippen molar-refractivity contribution in [1.82, 2.24) is 4.90 Å². The van der Waals surface area contributed by atoms with E-state index in [1.807, 2.05) is 18.2 Å². The second kappa shape index (κ2) is 6.40. The van der Waals surface area contributed by atoms with Crippen LogP contribution >= 0.6 is 0 Å². The first kappa shape index (κ1) is 12.9. The number of benzene rings is 1. The Kier molecular flexibility index (Phi) is 4.59. The Balaban J connectivity index is 1.86. The molecule has 1 aromatic rings. The standard InChI is InChI=1S/C14H21N3O/c15-14(18)16-13-6-4-5-12(11-13)7-10-17-8-2-1-3-9-17/h4-6,11H,1-3,7-10H2,(H3,15,16,18). The third-order valence-corrected chi connectivity index (χ3v) is 3.36. The number of nitrogens with one attached hydrogen (secondary N) is 1. The first-order chi connectivity index (χ1) is 8.74. The van der Waals surface area contributed by atoms with Crippen molar-refractivity contribution >= 4 is 11.7 Å². The molecular weight excluding hydrogens is 226 g/mol. The first-order valence-corrected chi connectivity index (χ1v) is 6.62. The van der Waals surface area contributed by atoms with Crippen LogP contribution in [0.1, 0.15) is 24.8 Å². The van der Waals surface area contributed by atoms with Gasteiger partial charge in [-0.05, 0) is 50.0 Å². The average molecular weight is 247 g/mol. The maximum absolute atomic E-state index is 10.8. The molecule has 1 saturated heterocycles. The van der Waals surface area contributed by atoms with E-state index < -0.39 is 6.03 Å². The molecule has 0 aliphatic carbocycles. The van der Waals surface area contributed by atoms with Crippen LogP contribution in [-0.2, 0) is 6.42 Å². The van der Waals surface area contributed by atoms with Gasteiger partial charge in [0.2, 0.25) is 0 Å². The summed E-state index contributed by atoms with van der Waals surface area (Å²) in [5, 5.41) is 2.61. The Morgan fingerprint density at radius 3 is 2.78 bits per heavy atom. The lowest BCUT2D eigenvalue weighted by Crippen LogP contribution is -2.31. The van der Waals surface area contributed by atoms with Gasteiger partial charge in [-0.1, -0.05) is 18.6 Å². The number of rotatable bonds is 4. The lowest BCUT2D eigenvalue weighted by molar-refractivity contribution is 0.231. The van der Waals surface area contributed by atoms with Gasteiger partial charge >= 0.3 is 6.03 Å². The van der Waals surface area contributed by atoms with Gasteiger partial charge < -0.3 is 16.0 Å². The molecule has 2 rings (SSSR count). The Morgan fingerprint density at radius 1 is 1.28 bits per heavy atom. The number of hydrogen-bond donors (Lipinski definition) is 2. The molecule has 0 saturated carbocycles. The predicted octanol–water partition coefficient (Wildman–Crippen LogP) is 2.21. The van der Waals surface area contributed by atoms with E-state index in [4.69, 9.17) is 5.73 Å². The largest absolute Gasteiger partial charge is 0.351 e. The van der Waals surface area contributed by atoms with Crippen molar-refractivity contribution in [3.63, 3.8) is 0 Å². The number of carbonyl (C=O) groups is 1. The quantitative estimate of drug-likeness (QED) is 0.857. The van der Waals surface area contributed by atoms with Gasteiger partial charge in [-0.25, -0.2) is 4.79 Å². The number of urea groups is 1. The minimum atomic E-state index is -0.511. The number of hydrogen-bond acceptors (Lipinski definition) is 2. The highest BCUT2D eigenvalue weighted by atomic mass is 16.2. The lowest BCUT2D eigenvalue weighted by Gasteiger charge is -2.26. The number of nitrogens with two attached hydrogens (primary N) is 1. The summed E-state index contributed by atoms with van der Waals surface area (Å²) >= 11 is 0. The molecule has 1 heterocycles. The van der Waals surface area contributed by atoms with Crippen LogP contribution in [0, 0.1) is 0 Å². The predicted molar refractivity (Wildman–Crippen MR) is 73.6 cm³/mol. The van der Waals surface area contributed by atoms with Crippen molar-refractivity contribution < 1.29 is 4.79 Å². The molecule has 0 unspecified atom stereocenters. The summed E-state index contributed by atoms with van der Waals surface area (Å²) < 4.78 is 0. The van der Waals surface area contributed by atoms with Crippen LogP contribution in [0.15, 0.2) is 24.3 Å². The maximum Gasteiger partial charge on any atom is 0.316 e. The van der Waals surface area contributed by atoms with E-state index in [-0.39, 0.29) is 0 Å². The molecule has 0 bridgehead atoms. The van der Waals surface area contributed by atoms with Crippen LogP contribution in [0.3, 0.4) is 0 Å². The highest BCUT2D eigenvalue weighted by Crippen LogP contribution is 2.13. The Morgan fingerprint density at radius 2 is 2.06 bits per heavy atom. The number of amides is 2. The highest BCUT2D eigenvalue weighted by molar-refractivity contribution is 5.87. The summed E-state index contributed by atoms with van der Waals surface area (Å²) in [6.07, 6.45) is 5.04. The van der Waals surface area contributed by atoms with Gasteiger partial charge in [0, 0.05) is 12.2 Å². The fourth-order valence-corrected chi connectivity index (χ4v) is 2.42. The number of primary amides is 1. The number of carbonyl (C=O) groups excluding carboxylic acids is 1. The van der Waals surface area contributed by atoms with E-state index in [0.29, 0.717) is 0 Å². The summed E-state index contributed by atoms with van der Waals surface area (Å²) in [4.78, 5) is 13.3. The second-order valence-corrected chi connectivity index (χ2v) is 4.84. The molecule has 4 heteroatoms. The van der Waals surface area contributed by atoms with E-state index in [0.717, 1.165) is 18.7 Å². The zero-order valence-corrected chi connectivity index (χ0v) is 10.7. The summed E-state index contributed by atoms with van der Waals surface area (Å²) in [6, 6.07) is 7.39. The molecule has 0 atom stereocenters. The fourth-order valence-electron chi connectivity index (χ4n) is 2.42. The van der Waals surface area contributed by atoms with Crippen molar-refractivity contribution in [2.75, 3.05) is 25.0 Å². The molecule has 1 aliphatic rings. The Labute approximate surface area is 108 Å². The molecule has 18 heavy (non-hydrogen) atoms. The normalized spacial score (nSPS) is 16.4. The van der Waals surface area contributed by atoms with Gasteiger partial charge in [0.05, 0.1) is 0 Å². The molecule has 1 aromatic carbocycles. The van der Waals surface area contributed by atoms with E-state index in [9.17, 15) is 4.79 Å². The third kappa shape index (κ3) is 4.04. The number of likely N-dealkylation sites (tertiary alicyclic amines) is 1. The van der Waals surface area contributed by atoms with Crippen LogP contribution in [0.5, 0.6) is 0 Å². The number of anilines is 1. The Bertz CT molecular complexity index is 400. The maximum atomic E-state index is 10.8. The summed E-state index contributed by atoms with van der Waals surface area (Å²) in [6.45, 7) is 3.54. The highest BCUT2D eigenvalue weighted by Gasteiger charge is 2.09. The van der Waals surface area contributed by atoms with Gasteiger partial charge in [-0.3, -0.25) is 0 Å². The van der Waals surface area contributed by atoms with Crippen molar-refractivity contribution in [3.05, 3.63) is 29.8 Å². The topological polar surface area (TPSA) is 58.4 Å². The smallest absolute Gasteiger partial charge is 0.316 e. The van der Waals surface area contributed by atoms with Crippen LogP contribution < -0.4 is 11.1 Å². The molecule has 98 valence electrons. The molecule has 0 spiro atoms. The van der Waals surface area contributed by atoms with E-state index >= 15 is 0 Å². The van der Waals surface area contributed by atoms with Crippen LogP contribution in [0.4, 0.5) is 10.5 Å². The molecule has 2 amide bonds. The van der Waals surface area contributed by atoms with Crippen molar-refractivity contribution in [2.45, 2.75) is 25.7 Å². The third-order valence-electron chi connectivity index (χ3n) is 3.36. The second-order valence-electron chi connectivity index (χ2n) is 4.84. The minimum Gasteiger partial charge on any atom is -0.351 e. The molecule has 0 radical (unpaired) electrons. The molecule has 1 fully saturated rings. The van der Waals surface area contributed by atoms with Gasteiger partial charge in [0.25, 0.3) is 0 Å². The first-order valence-electron chi connectivity index (χ1n) is 6.62. The summed E-state index contributed by atoms with van der Waals surface area (Å²) in [5.74, 6) is 0. The number of piperidine rings is 1. The molecule has 0 aromatic heterocycles. The zero-order valence-electron chi connectivity index (χ0n) is 10.7.